The topological polar surface area (TPSA) is 26.0 Å². The molecule has 0 spiro atoms. The lowest BCUT2D eigenvalue weighted by Crippen LogP contribution is -2.19. The van der Waals surface area contributed by atoms with Gasteiger partial charge in [-0.2, -0.15) is 0 Å². The van der Waals surface area contributed by atoms with Crippen LogP contribution in [-0.2, 0) is 6.42 Å². The first kappa shape index (κ1) is 10.2. The van der Waals surface area contributed by atoms with Crippen LogP contribution in [0.2, 0.25) is 0 Å². The Hall–Kier alpha value is -0.340. The van der Waals surface area contributed by atoms with E-state index in [0.29, 0.717) is 5.92 Å². The van der Waals surface area contributed by atoms with Crippen molar-refractivity contribution in [3.63, 3.8) is 0 Å². The van der Waals surface area contributed by atoms with E-state index in [4.69, 9.17) is 5.73 Å². The van der Waals surface area contributed by atoms with Gasteiger partial charge in [0.25, 0.3) is 0 Å². The summed E-state index contributed by atoms with van der Waals surface area (Å²) in [4.78, 5) is 2.83. The Bertz CT molecular complexity index is 301. The largest absolute Gasteiger partial charge is 0.323 e. The van der Waals surface area contributed by atoms with Crippen molar-refractivity contribution in [3.8, 4) is 0 Å². The molecule has 0 aliphatic heterocycles. The van der Waals surface area contributed by atoms with Crippen LogP contribution in [0, 0.1) is 11.8 Å². The maximum Gasteiger partial charge on any atom is 0.0418 e. The molecular weight excluding hydrogens is 190 g/mol. The van der Waals surface area contributed by atoms with E-state index in [2.05, 4.69) is 26.0 Å². The average Bonchev–Trinajstić information content (AvgIpc) is 2.94. The van der Waals surface area contributed by atoms with Gasteiger partial charge in [-0.15, -0.1) is 11.3 Å². The SMILES string of the molecule is CCc1ccc(C(N)C(C)C2CC2)s1. The van der Waals surface area contributed by atoms with E-state index < -0.39 is 0 Å². The number of hydrogen-bond donors (Lipinski definition) is 1. The Morgan fingerprint density at radius 2 is 2.21 bits per heavy atom. The number of hydrogen-bond acceptors (Lipinski definition) is 2. The number of rotatable bonds is 4. The van der Waals surface area contributed by atoms with Crippen LogP contribution in [0.4, 0.5) is 0 Å². The third-order valence-corrected chi connectivity index (χ3v) is 4.62. The molecule has 2 N–H and O–H groups in total. The van der Waals surface area contributed by atoms with Crippen molar-refractivity contribution in [1.29, 1.82) is 0 Å². The molecule has 1 heterocycles. The van der Waals surface area contributed by atoms with Crippen LogP contribution in [0.3, 0.4) is 0 Å². The third kappa shape index (κ3) is 2.01. The molecule has 1 aromatic rings. The summed E-state index contributed by atoms with van der Waals surface area (Å²) in [5, 5.41) is 0. The van der Waals surface area contributed by atoms with Crippen LogP contribution in [-0.4, -0.2) is 0 Å². The van der Waals surface area contributed by atoms with Crippen LogP contribution < -0.4 is 5.73 Å². The summed E-state index contributed by atoms with van der Waals surface area (Å²) in [5.74, 6) is 1.57. The Morgan fingerprint density at radius 3 is 2.71 bits per heavy atom. The zero-order chi connectivity index (χ0) is 10.1. The van der Waals surface area contributed by atoms with Crippen molar-refractivity contribution >= 4 is 11.3 Å². The minimum Gasteiger partial charge on any atom is -0.323 e. The lowest BCUT2D eigenvalue weighted by molar-refractivity contribution is 0.422. The molecule has 0 saturated heterocycles. The minimum absolute atomic E-state index is 0.271. The van der Waals surface area contributed by atoms with Gasteiger partial charge in [0.1, 0.15) is 0 Å². The van der Waals surface area contributed by atoms with E-state index in [1.807, 2.05) is 11.3 Å². The fraction of sp³-hybridized carbons (Fsp3) is 0.667. The van der Waals surface area contributed by atoms with Crippen LogP contribution in [0.5, 0.6) is 0 Å². The highest BCUT2D eigenvalue weighted by Crippen LogP contribution is 2.42. The van der Waals surface area contributed by atoms with E-state index in [9.17, 15) is 0 Å². The van der Waals surface area contributed by atoms with Gasteiger partial charge in [-0.1, -0.05) is 13.8 Å². The maximum atomic E-state index is 6.26. The zero-order valence-corrected chi connectivity index (χ0v) is 9.81. The van der Waals surface area contributed by atoms with Crippen LogP contribution in [0.15, 0.2) is 12.1 Å². The fourth-order valence-corrected chi connectivity index (χ4v) is 3.01. The van der Waals surface area contributed by atoms with E-state index >= 15 is 0 Å². The highest BCUT2D eigenvalue weighted by molar-refractivity contribution is 7.12. The van der Waals surface area contributed by atoms with Crippen molar-refractivity contribution in [2.24, 2.45) is 17.6 Å². The summed E-state index contributed by atoms with van der Waals surface area (Å²) in [6.07, 6.45) is 3.91. The summed E-state index contributed by atoms with van der Waals surface area (Å²) in [7, 11) is 0. The summed E-state index contributed by atoms with van der Waals surface area (Å²) < 4.78 is 0. The van der Waals surface area contributed by atoms with Gasteiger partial charge in [0, 0.05) is 15.8 Å². The van der Waals surface area contributed by atoms with Crippen molar-refractivity contribution in [2.75, 3.05) is 0 Å². The molecule has 14 heavy (non-hydrogen) atoms. The molecule has 0 amide bonds. The second kappa shape index (κ2) is 4.03. The van der Waals surface area contributed by atoms with Crippen LogP contribution >= 0.6 is 11.3 Å². The summed E-state index contributed by atoms with van der Waals surface area (Å²) >= 11 is 1.89. The van der Waals surface area contributed by atoms with E-state index in [1.165, 1.54) is 22.6 Å². The molecule has 1 aliphatic carbocycles. The lowest BCUT2D eigenvalue weighted by Gasteiger charge is -2.17. The molecule has 0 bridgehead atoms. The molecule has 2 unspecified atom stereocenters. The average molecular weight is 209 g/mol. The van der Waals surface area contributed by atoms with E-state index in [-0.39, 0.29) is 6.04 Å². The normalized spacial score (nSPS) is 20.8. The Kier molecular flexibility index (Phi) is 2.93. The second-order valence-corrected chi connectivity index (χ2v) is 5.58. The molecule has 1 nitrogen and oxygen atoms in total. The van der Waals surface area contributed by atoms with E-state index in [1.54, 1.807) is 0 Å². The van der Waals surface area contributed by atoms with Crippen LogP contribution in [0.1, 0.15) is 42.5 Å². The van der Waals surface area contributed by atoms with Gasteiger partial charge < -0.3 is 5.73 Å². The molecule has 78 valence electrons. The summed E-state index contributed by atoms with van der Waals surface area (Å²) in [5.41, 5.74) is 6.26. The first-order valence-electron chi connectivity index (χ1n) is 5.56. The summed E-state index contributed by atoms with van der Waals surface area (Å²) in [6, 6.07) is 4.71. The second-order valence-electron chi connectivity index (χ2n) is 4.38. The smallest absolute Gasteiger partial charge is 0.0418 e. The Morgan fingerprint density at radius 1 is 1.50 bits per heavy atom. The van der Waals surface area contributed by atoms with Gasteiger partial charge >= 0.3 is 0 Å². The molecule has 1 aromatic heterocycles. The molecule has 2 heteroatoms. The summed E-state index contributed by atoms with van der Waals surface area (Å²) in [6.45, 7) is 4.50. The molecule has 1 fully saturated rings. The van der Waals surface area contributed by atoms with Crippen molar-refractivity contribution in [3.05, 3.63) is 21.9 Å². The van der Waals surface area contributed by atoms with Gasteiger partial charge in [0.15, 0.2) is 0 Å². The molecule has 0 aromatic carbocycles. The first-order valence-corrected chi connectivity index (χ1v) is 6.38. The molecule has 2 rings (SSSR count). The van der Waals surface area contributed by atoms with Crippen LogP contribution in [0.25, 0.3) is 0 Å². The maximum absolute atomic E-state index is 6.26. The number of aryl methyl sites for hydroxylation is 1. The van der Waals surface area contributed by atoms with Gasteiger partial charge in [-0.3, -0.25) is 0 Å². The van der Waals surface area contributed by atoms with Crippen molar-refractivity contribution < 1.29 is 0 Å². The molecule has 1 saturated carbocycles. The monoisotopic (exact) mass is 209 g/mol. The highest BCUT2D eigenvalue weighted by atomic mass is 32.1. The predicted octanol–water partition coefficient (Wildman–Crippen LogP) is 3.36. The van der Waals surface area contributed by atoms with Gasteiger partial charge in [-0.25, -0.2) is 0 Å². The Balaban J connectivity index is 2.05. The highest BCUT2D eigenvalue weighted by Gasteiger charge is 2.32. The third-order valence-electron chi connectivity index (χ3n) is 3.29. The van der Waals surface area contributed by atoms with Crippen molar-refractivity contribution in [1.82, 2.24) is 0 Å². The Labute approximate surface area is 90.3 Å². The first-order chi connectivity index (χ1) is 6.72. The number of nitrogens with two attached hydrogens (primary N) is 1. The number of thiophene rings is 1. The fourth-order valence-electron chi connectivity index (χ4n) is 1.94. The molecule has 1 aliphatic rings. The molecule has 0 radical (unpaired) electrons. The predicted molar refractivity (Wildman–Crippen MR) is 62.5 cm³/mol. The quantitative estimate of drug-likeness (QED) is 0.808. The van der Waals surface area contributed by atoms with Gasteiger partial charge in [0.05, 0.1) is 0 Å². The standard InChI is InChI=1S/C12H19NS/c1-3-10-6-7-11(14-10)12(13)8(2)9-4-5-9/h6-9,12H,3-5,13H2,1-2H3. The van der Waals surface area contributed by atoms with E-state index in [0.717, 1.165) is 12.3 Å². The van der Waals surface area contributed by atoms with Gasteiger partial charge in [0.2, 0.25) is 0 Å². The molecule has 2 atom stereocenters. The van der Waals surface area contributed by atoms with Gasteiger partial charge in [-0.05, 0) is 43.2 Å². The zero-order valence-electron chi connectivity index (χ0n) is 8.99. The minimum atomic E-state index is 0.271. The van der Waals surface area contributed by atoms with Crippen molar-refractivity contribution in [2.45, 2.75) is 39.2 Å². The molecular formula is C12H19NS. The lowest BCUT2D eigenvalue weighted by atomic mass is 9.96.